The minimum atomic E-state index is -0.823. The molecule has 0 amide bonds. The Morgan fingerprint density at radius 2 is 2.25 bits per heavy atom. The summed E-state index contributed by atoms with van der Waals surface area (Å²) in [5.41, 5.74) is 0. The second-order valence-electron chi connectivity index (χ2n) is 4.55. The standard InChI is InChI=1S/C11H22N2O3/c1-8(2)13-4-5-16-10(7-13)6-12-9(3)11(14)15/h8-10,12H,4-7H2,1-3H3,(H,14,15)/t9-,10?/m0/s1. The molecule has 0 bridgehead atoms. The van der Waals surface area contributed by atoms with E-state index in [1.165, 1.54) is 0 Å². The number of nitrogens with one attached hydrogen (secondary N) is 1. The van der Waals surface area contributed by atoms with Crippen LogP contribution in [0, 0.1) is 0 Å². The van der Waals surface area contributed by atoms with Crippen LogP contribution in [-0.4, -0.2) is 60.4 Å². The van der Waals surface area contributed by atoms with Gasteiger partial charge in [0.05, 0.1) is 12.7 Å². The Morgan fingerprint density at radius 1 is 1.56 bits per heavy atom. The van der Waals surface area contributed by atoms with Crippen molar-refractivity contribution in [3.63, 3.8) is 0 Å². The van der Waals surface area contributed by atoms with Gasteiger partial charge in [0.25, 0.3) is 0 Å². The SMILES string of the molecule is CC(C)N1CCOC(CN[C@@H](C)C(=O)O)C1. The van der Waals surface area contributed by atoms with Crippen molar-refractivity contribution in [2.24, 2.45) is 0 Å². The fraction of sp³-hybridized carbons (Fsp3) is 0.909. The quantitative estimate of drug-likeness (QED) is 0.704. The highest BCUT2D eigenvalue weighted by molar-refractivity contribution is 5.72. The van der Waals surface area contributed by atoms with Gasteiger partial charge in [0.2, 0.25) is 0 Å². The summed E-state index contributed by atoms with van der Waals surface area (Å²) in [5, 5.41) is 11.7. The number of aliphatic carboxylic acids is 1. The van der Waals surface area contributed by atoms with E-state index in [9.17, 15) is 4.79 Å². The number of ether oxygens (including phenoxy) is 1. The summed E-state index contributed by atoms with van der Waals surface area (Å²) in [6.07, 6.45) is 0.0953. The molecule has 0 radical (unpaired) electrons. The summed E-state index contributed by atoms with van der Waals surface area (Å²) < 4.78 is 5.59. The summed E-state index contributed by atoms with van der Waals surface area (Å²) in [4.78, 5) is 13.0. The number of carbonyl (C=O) groups is 1. The van der Waals surface area contributed by atoms with E-state index < -0.39 is 12.0 Å². The molecule has 1 aliphatic rings. The van der Waals surface area contributed by atoms with Crippen LogP contribution in [0.3, 0.4) is 0 Å². The molecule has 0 aliphatic carbocycles. The van der Waals surface area contributed by atoms with Crippen LogP contribution in [0.4, 0.5) is 0 Å². The van der Waals surface area contributed by atoms with Crippen molar-refractivity contribution in [2.75, 3.05) is 26.2 Å². The lowest BCUT2D eigenvalue weighted by Crippen LogP contribution is -2.50. The molecule has 5 heteroatoms. The van der Waals surface area contributed by atoms with Crippen LogP contribution in [0.5, 0.6) is 0 Å². The largest absolute Gasteiger partial charge is 0.480 e. The fourth-order valence-electron chi connectivity index (χ4n) is 1.73. The lowest BCUT2D eigenvalue weighted by atomic mass is 10.2. The molecule has 1 saturated heterocycles. The first-order valence-corrected chi connectivity index (χ1v) is 5.82. The van der Waals surface area contributed by atoms with Gasteiger partial charge in [-0.3, -0.25) is 9.69 Å². The van der Waals surface area contributed by atoms with Crippen LogP contribution in [0.2, 0.25) is 0 Å². The van der Waals surface area contributed by atoms with E-state index >= 15 is 0 Å². The minimum absolute atomic E-state index is 0.0953. The smallest absolute Gasteiger partial charge is 0.320 e. The van der Waals surface area contributed by atoms with Gasteiger partial charge in [0.1, 0.15) is 6.04 Å². The zero-order valence-corrected chi connectivity index (χ0v) is 10.3. The summed E-state index contributed by atoms with van der Waals surface area (Å²) in [6, 6.07) is 0.00123. The maximum Gasteiger partial charge on any atom is 0.320 e. The summed E-state index contributed by atoms with van der Waals surface area (Å²) >= 11 is 0. The third kappa shape index (κ3) is 4.08. The lowest BCUT2D eigenvalue weighted by molar-refractivity contribution is -0.139. The molecule has 16 heavy (non-hydrogen) atoms. The van der Waals surface area contributed by atoms with Crippen molar-refractivity contribution < 1.29 is 14.6 Å². The van der Waals surface area contributed by atoms with Crippen LogP contribution in [0.25, 0.3) is 0 Å². The summed E-state index contributed by atoms with van der Waals surface area (Å²) in [5.74, 6) is -0.823. The molecule has 2 N–H and O–H groups in total. The normalized spacial score (nSPS) is 24.6. The average molecular weight is 230 g/mol. The van der Waals surface area contributed by atoms with Gasteiger partial charge >= 0.3 is 5.97 Å². The highest BCUT2D eigenvalue weighted by atomic mass is 16.5. The predicted molar refractivity (Wildman–Crippen MR) is 61.5 cm³/mol. The molecule has 1 fully saturated rings. The van der Waals surface area contributed by atoms with E-state index in [-0.39, 0.29) is 6.10 Å². The Labute approximate surface area is 96.8 Å². The first-order chi connectivity index (χ1) is 7.50. The Hall–Kier alpha value is -0.650. The van der Waals surface area contributed by atoms with Crippen LogP contribution < -0.4 is 5.32 Å². The number of carboxylic acids is 1. The van der Waals surface area contributed by atoms with Gasteiger partial charge in [0, 0.05) is 25.7 Å². The lowest BCUT2D eigenvalue weighted by Gasteiger charge is -2.35. The van der Waals surface area contributed by atoms with Gasteiger partial charge in [-0.15, -0.1) is 0 Å². The van der Waals surface area contributed by atoms with E-state index in [1.807, 2.05) is 0 Å². The molecule has 1 aliphatic heterocycles. The van der Waals surface area contributed by atoms with Crippen LogP contribution in [0.15, 0.2) is 0 Å². The number of rotatable bonds is 5. The number of morpholine rings is 1. The van der Waals surface area contributed by atoms with Crippen molar-refractivity contribution in [2.45, 2.75) is 39.0 Å². The number of carboxylic acid groups (broad SMARTS) is 1. The molecule has 1 unspecified atom stereocenters. The zero-order valence-electron chi connectivity index (χ0n) is 10.3. The van der Waals surface area contributed by atoms with E-state index in [0.29, 0.717) is 12.6 Å². The van der Waals surface area contributed by atoms with Gasteiger partial charge in [-0.2, -0.15) is 0 Å². The van der Waals surface area contributed by atoms with Crippen LogP contribution in [-0.2, 0) is 9.53 Å². The number of hydrogen-bond acceptors (Lipinski definition) is 4. The number of nitrogens with zero attached hydrogens (tertiary/aromatic N) is 1. The third-order valence-corrected chi connectivity index (χ3v) is 2.92. The molecule has 5 nitrogen and oxygen atoms in total. The van der Waals surface area contributed by atoms with E-state index in [1.54, 1.807) is 6.92 Å². The fourth-order valence-corrected chi connectivity index (χ4v) is 1.73. The zero-order chi connectivity index (χ0) is 12.1. The summed E-state index contributed by atoms with van der Waals surface area (Å²) in [6.45, 7) is 9.12. The van der Waals surface area contributed by atoms with E-state index in [2.05, 4.69) is 24.1 Å². The van der Waals surface area contributed by atoms with Gasteiger partial charge in [0.15, 0.2) is 0 Å². The first kappa shape index (κ1) is 13.4. The van der Waals surface area contributed by atoms with Gasteiger partial charge in [-0.25, -0.2) is 0 Å². The third-order valence-electron chi connectivity index (χ3n) is 2.92. The molecule has 0 spiro atoms. The van der Waals surface area contributed by atoms with Crippen LogP contribution in [0.1, 0.15) is 20.8 Å². The van der Waals surface area contributed by atoms with Crippen molar-refractivity contribution in [1.82, 2.24) is 10.2 Å². The van der Waals surface area contributed by atoms with Crippen molar-refractivity contribution in [1.29, 1.82) is 0 Å². The van der Waals surface area contributed by atoms with Crippen molar-refractivity contribution >= 4 is 5.97 Å². The second kappa shape index (κ2) is 6.18. The highest BCUT2D eigenvalue weighted by Gasteiger charge is 2.23. The maximum absolute atomic E-state index is 10.6. The van der Waals surface area contributed by atoms with Crippen molar-refractivity contribution in [3.05, 3.63) is 0 Å². The molecule has 0 aromatic carbocycles. The molecule has 2 atom stereocenters. The summed E-state index contributed by atoms with van der Waals surface area (Å²) in [7, 11) is 0. The molecule has 0 saturated carbocycles. The highest BCUT2D eigenvalue weighted by Crippen LogP contribution is 2.08. The van der Waals surface area contributed by atoms with Crippen LogP contribution >= 0.6 is 0 Å². The van der Waals surface area contributed by atoms with Gasteiger partial charge in [-0.1, -0.05) is 0 Å². The second-order valence-corrected chi connectivity index (χ2v) is 4.55. The van der Waals surface area contributed by atoms with E-state index in [4.69, 9.17) is 9.84 Å². The number of hydrogen-bond donors (Lipinski definition) is 2. The monoisotopic (exact) mass is 230 g/mol. The molecule has 94 valence electrons. The minimum Gasteiger partial charge on any atom is -0.480 e. The molecule has 1 heterocycles. The molecule has 1 rings (SSSR count). The van der Waals surface area contributed by atoms with Crippen molar-refractivity contribution in [3.8, 4) is 0 Å². The Kier molecular flexibility index (Phi) is 5.18. The maximum atomic E-state index is 10.6. The van der Waals surface area contributed by atoms with Gasteiger partial charge in [-0.05, 0) is 20.8 Å². The molecule has 0 aromatic heterocycles. The Bertz CT molecular complexity index is 233. The van der Waals surface area contributed by atoms with E-state index in [0.717, 1.165) is 19.7 Å². The Morgan fingerprint density at radius 3 is 2.81 bits per heavy atom. The Balaban J connectivity index is 2.29. The molecule has 0 aromatic rings. The average Bonchev–Trinajstić information content (AvgIpc) is 2.26. The first-order valence-electron chi connectivity index (χ1n) is 5.82. The molecular formula is C11H22N2O3. The topological polar surface area (TPSA) is 61.8 Å². The van der Waals surface area contributed by atoms with Gasteiger partial charge < -0.3 is 15.2 Å². The predicted octanol–water partition coefficient (Wildman–Crippen LogP) is 0.158. The molecular weight excluding hydrogens is 208 g/mol.